The van der Waals surface area contributed by atoms with Gasteiger partial charge in [-0.25, -0.2) is 0 Å². The predicted octanol–water partition coefficient (Wildman–Crippen LogP) is 4.07. The van der Waals surface area contributed by atoms with Crippen LogP contribution in [-0.4, -0.2) is 9.78 Å². The zero-order valence-electron chi connectivity index (χ0n) is 12.9. The van der Waals surface area contributed by atoms with Gasteiger partial charge in [-0.15, -0.1) is 0 Å². The molecule has 1 aliphatic rings. The molecule has 1 aliphatic carbocycles. The highest BCUT2D eigenvalue weighted by atomic mass is 19.4. The Morgan fingerprint density at radius 2 is 1.78 bits per heavy atom. The Morgan fingerprint density at radius 1 is 1.17 bits per heavy atom. The molecule has 2 aromatic rings. The monoisotopic (exact) mass is 324 g/mol. The van der Waals surface area contributed by atoms with Crippen molar-refractivity contribution in [3.05, 3.63) is 57.0 Å². The Hall–Kier alpha value is -1.98. The van der Waals surface area contributed by atoms with Crippen LogP contribution in [-0.2, 0) is 19.0 Å². The summed E-state index contributed by atoms with van der Waals surface area (Å²) in [5.74, 6) is 0. The number of hydrogen-bond acceptors (Lipinski definition) is 1. The fourth-order valence-electron chi connectivity index (χ4n) is 2.97. The number of rotatable bonds is 4. The molecule has 1 heterocycles. The van der Waals surface area contributed by atoms with Gasteiger partial charge in [0.25, 0.3) is 5.56 Å². The second-order valence-corrected chi connectivity index (χ2v) is 6.07. The zero-order valence-corrected chi connectivity index (χ0v) is 12.9. The molecule has 1 fully saturated rings. The maximum absolute atomic E-state index is 13.5. The van der Waals surface area contributed by atoms with E-state index in [1.54, 1.807) is 12.1 Å². The molecule has 3 rings (SSSR count). The van der Waals surface area contributed by atoms with Crippen LogP contribution in [0.4, 0.5) is 13.2 Å². The summed E-state index contributed by atoms with van der Waals surface area (Å²) in [5, 5.41) is 2.41. The molecule has 0 saturated heterocycles. The summed E-state index contributed by atoms with van der Waals surface area (Å²) in [6.07, 6.45) is -1.42. The van der Waals surface area contributed by atoms with Gasteiger partial charge in [0.1, 0.15) is 5.69 Å². The Bertz CT molecular complexity index is 737. The fourth-order valence-corrected chi connectivity index (χ4v) is 2.97. The van der Waals surface area contributed by atoms with Gasteiger partial charge in [0.05, 0.1) is 11.6 Å². The van der Waals surface area contributed by atoms with E-state index in [4.69, 9.17) is 0 Å². The fraction of sp³-hybridized carbons (Fsp3) is 0.471. The molecule has 1 aromatic carbocycles. The SMILES string of the molecule is CCc1ccc(Cc2c(C(F)(F)F)n(C3CCC3)[nH]c2=O)cc1. The number of nitrogens with one attached hydrogen (secondary N) is 1. The molecule has 0 unspecified atom stereocenters. The van der Waals surface area contributed by atoms with Crippen molar-refractivity contribution < 1.29 is 13.2 Å². The van der Waals surface area contributed by atoms with Crippen LogP contribution in [0.15, 0.2) is 29.1 Å². The minimum atomic E-state index is -4.53. The van der Waals surface area contributed by atoms with Crippen molar-refractivity contribution in [1.29, 1.82) is 0 Å². The molecule has 1 aromatic heterocycles. The second-order valence-electron chi connectivity index (χ2n) is 6.07. The van der Waals surface area contributed by atoms with Crippen LogP contribution >= 0.6 is 0 Å². The first-order valence-corrected chi connectivity index (χ1v) is 7.88. The molecule has 0 radical (unpaired) electrons. The number of benzene rings is 1. The lowest BCUT2D eigenvalue weighted by Crippen LogP contribution is -2.25. The van der Waals surface area contributed by atoms with Crippen molar-refractivity contribution in [2.75, 3.05) is 0 Å². The number of aromatic nitrogens is 2. The Balaban J connectivity index is 2.00. The van der Waals surface area contributed by atoms with Gasteiger partial charge in [0.2, 0.25) is 0 Å². The first kappa shape index (κ1) is 15.9. The summed E-state index contributed by atoms with van der Waals surface area (Å²) in [5.41, 5.74) is 0.194. The maximum Gasteiger partial charge on any atom is 0.433 e. The van der Waals surface area contributed by atoms with E-state index < -0.39 is 17.4 Å². The van der Waals surface area contributed by atoms with E-state index in [9.17, 15) is 18.0 Å². The summed E-state index contributed by atoms with van der Waals surface area (Å²) >= 11 is 0. The molecular formula is C17H19F3N2O. The van der Waals surface area contributed by atoms with Gasteiger partial charge >= 0.3 is 6.18 Å². The molecule has 0 spiro atoms. The molecule has 0 bridgehead atoms. The van der Waals surface area contributed by atoms with Gasteiger partial charge in [-0.3, -0.25) is 14.6 Å². The standard InChI is InChI=1S/C17H19F3N2O/c1-2-11-6-8-12(9-7-11)10-14-15(17(18,19)20)22(21-16(14)23)13-4-3-5-13/h6-9,13H,2-5,10H2,1H3,(H,21,23). The molecule has 0 aliphatic heterocycles. The van der Waals surface area contributed by atoms with Crippen molar-refractivity contribution >= 4 is 0 Å². The Kier molecular flexibility index (Phi) is 4.08. The minimum Gasteiger partial charge on any atom is -0.277 e. The third kappa shape index (κ3) is 3.07. The van der Waals surface area contributed by atoms with Gasteiger partial charge in [-0.2, -0.15) is 13.2 Å². The average Bonchev–Trinajstić information content (AvgIpc) is 2.74. The van der Waals surface area contributed by atoms with Gasteiger partial charge in [0.15, 0.2) is 0 Å². The molecule has 0 atom stereocenters. The molecule has 1 N–H and O–H groups in total. The number of aryl methyl sites for hydroxylation is 1. The van der Waals surface area contributed by atoms with Gasteiger partial charge in [-0.05, 0) is 36.8 Å². The van der Waals surface area contributed by atoms with E-state index >= 15 is 0 Å². The van der Waals surface area contributed by atoms with E-state index in [1.807, 2.05) is 19.1 Å². The number of hydrogen-bond donors (Lipinski definition) is 1. The van der Waals surface area contributed by atoms with Gasteiger partial charge in [0, 0.05) is 6.42 Å². The number of H-pyrrole nitrogens is 1. The van der Waals surface area contributed by atoms with Crippen LogP contribution in [0.5, 0.6) is 0 Å². The van der Waals surface area contributed by atoms with Crippen LogP contribution in [0.2, 0.25) is 0 Å². The summed E-state index contributed by atoms with van der Waals surface area (Å²) < 4.78 is 41.5. The van der Waals surface area contributed by atoms with E-state index in [2.05, 4.69) is 5.10 Å². The molecular weight excluding hydrogens is 305 g/mol. The molecule has 6 heteroatoms. The van der Waals surface area contributed by atoms with E-state index in [-0.39, 0.29) is 18.0 Å². The summed E-state index contributed by atoms with van der Waals surface area (Å²) in [6, 6.07) is 7.12. The van der Waals surface area contributed by atoms with Gasteiger partial charge in [-0.1, -0.05) is 31.2 Å². The molecule has 1 saturated carbocycles. The predicted molar refractivity (Wildman–Crippen MR) is 81.6 cm³/mol. The van der Waals surface area contributed by atoms with Crippen molar-refractivity contribution in [3.8, 4) is 0 Å². The Labute approximate surface area is 132 Å². The third-order valence-electron chi connectivity index (χ3n) is 4.54. The van der Waals surface area contributed by atoms with Crippen molar-refractivity contribution in [3.63, 3.8) is 0 Å². The average molecular weight is 324 g/mol. The normalized spacial score (nSPS) is 15.7. The van der Waals surface area contributed by atoms with Crippen LogP contribution in [0.3, 0.4) is 0 Å². The number of nitrogens with zero attached hydrogens (tertiary/aromatic N) is 1. The van der Waals surface area contributed by atoms with Crippen molar-refractivity contribution in [2.24, 2.45) is 0 Å². The van der Waals surface area contributed by atoms with Crippen LogP contribution in [0.25, 0.3) is 0 Å². The van der Waals surface area contributed by atoms with Gasteiger partial charge < -0.3 is 0 Å². The highest BCUT2D eigenvalue weighted by molar-refractivity contribution is 5.31. The molecule has 0 amide bonds. The first-order chi connectivity index (χ1) is 10.9. The van der Waals surface area contributed by atoms with Crippen LogP contribution in [0.1, 0.15) is 54.6 Å². The number of alkyl halides is 3. The highest BCUT2D eigenvalue weighted by Gasteiger charge is 2.41. The summed E-state index contributed by atoms with van der Waals surface area (Å²) in [7, 11) is 0. The summed E-state index contributed by atoms with van der Waals surface area (Å²) in [6.45, 7) is 2.01. The topological polar surface area (TPSA) is 37.8 Å². The van der Waals surface area contributed by atoms with Crippen molar-refractivity contribution in [1.82, 2.24) is 9.78 Å². The smallest absolute Gasteiger partial charge is 0.277 e. The maximum atomic E-state index is 13.5. The quantitative estimate of drug-likeness (QED) is 0.904. The number of halogens is 3. The molecule has 124 valence electrons. The molecule has 3 nitrogen and oxygen atoms in total. The lowest BCUT2D eigenvalue weighted by Gasteiger charge is -2.28. The van der Waals surface area contributed by atoms with E-state index in [0.717, 1.165) is 23.1 Å². The first-order valence-electron chi connectivity index (χ1n) is 7.88. The lowest BCUT2D eigenvalue weighted by molar-refractivity contribution is -0.146. The molecule has 23 heavy (non-hydrogen) atoms. The van der Waals surface area contributed by atoms with Crippen LogP contribution < -0.4 is 5.56 Å². The van der Waals surface area contributed by atoms with E-state index in [0.29, 0.717) is 18.4 Å². The highest BCUT2D eigenvalue weighted by Crippen LogP contribution is 2.38. The van der Waals surface area contributed by atoms with E-state index in [1.165, 1.54) is 0 Å². The van der Waals surface area contributed by atoms with Crippen molar-refractivity contribution in [2.45, 2.75) is 51.2 Å². The Morgan fingerprint density at radius 3 is 2.26 bits per heavy atom. The minimum absolute atomic E-state index is 0.00606. The number of aromatic amines is 1. The lowest BCUT2D eigenvalue weighted by atomic mass is 9.93. The third-order valence-corrected chi connectivity index (χ3v) is 4.54. The zero-order chi connectivity index (χ0) is 16.6. The van der Waals surface area contributed by atoms with Crippen LogP contribution in [0, 0.1) is 0 Å². The second kappa shape index (κ2) is 5.91. The largest absolute Gasteiger partial charge is 0.433 e. The summed E-state index contributed by atoms with van der Waals surface area (Å²) in [4.78, 5) is 12.1.